The summed E-state index contributed by atoms with van der Waals surface area (Å²) in [5.41, 5.74) is 0. The number of amides is 1. The van der Waals surface area contributed by atoms with Crippen LogP contribution in [0, 0.1) is 11.3 Å². The average Bonchev–Trinajstić information content (AvgIpc) is 2.59. The molecule has 0 atom stereocenters. The van der Waals surface area contributed by atoms with Gasteiger partial charge >= 0.3 is 0 Å². The number of rotatable bonds is 5. The number of carbonyl (C=O) groups excluding carboxylic acids is 1. The van der Waals surface area contributed by atoms with Gasteiger partial charge < -0.3 is 5.32 Å². The molecule has 0 aliphatic rings. The highest BCUT2D eigenvalue weighted by Crippen LogP contribution is 2.32. The van der Waals surface area contributed by atoms with Crippen LogP contribution in [0.2, 0.25) is 0 Å². The molecule has 1 amide bonds. The molecule has 1 aromatic rings. The Hall–Kier alpha value is -0.380. The second-order valence-corrected chi connectivity index (χ2v) is 6.33. The molecule has 86 valence electrons. The number of nitrogens with one attached hydrogen (secondary N) is 1. The predicted octanol–water partition coefficient (Wildman–Crippen LogP) is 3.70. The largest absolute Gasteiger partial charge is 0.351 e. The van der Waals surface area contributed by atoms with Gasteiger partial charge in [0.2, 0.25) is 0 Å². The lowest BCUT2D eigenvalue weighted by molar-refractivity contribution is 0.0957. The Morgan fingerprint density at radius 2 is 2.25 bits per heavy atom. The minimum Gasteiger partial charge on any atom is -0.351 e. The number of hydrogen-bond acceptors (Lipinski definition) is 3. The maximum atomic E-state index is 11.6. The number of nitrogens with zero attached hydrogens (tertiary/aromatic N) is 1. The van der Waals surface area contributed by atoms with E-state index in [0.29, 0.717) is 17.8 Å². The molecule has 1 aromatic heterocycles. The maximum Gasteiger partial charge on any atom is 0.261 e. The van der Waals surface area contributed by atoms with Crippen LogP contribution in [-0.2, 0) is 0 Å². The molecule has 0 aliphatic carbocycles. The fourth-order valence-corrected chi connectivity index (χ4v) is 3.03. The summed E-state index contributed by atoms with van der Waals surface area (Å²) in [6.07, 6.45) is 2.22. The van der Waals surface area contributed by atoms with Crippen molar-refractivity contribution in [3.63, 3.8) is 0 Å². The summed E-state index contributed by atoms with van der Waals surface area (Å²) in [7, 11) is 0. The predicted molar refractivity (Wildman–Crippen MR) is 71.5 cm³/mol. The van der Waals surface area contributed by atoms with Crippen molar-refractivity contribution in [1.82, 2.24) is 5.32 Å². The van der Waals surface area contributed by atoms with Crippen molar-refractivity contribution in [2.45, 2.75) is 19.3 Å². The van der Waals surface area contributed by atoms with E-state index in [0.717, 1.165) is 21.1 Å². The molecule has 1 N–H and O–H groups in total. The Bertz CT molecular complexity index is 392. The standard InChI is InChI=1S/C10H10Br2N2OS/c11-7-6-8(16-9(7)12)10(15)14-5-3-1-2-4-13/h6H,1-3,5H2,(H,14,15). The van der Waals surface area contributed by atoms with Crippen molar-refractivity contribution in [3.8, 4) is 6.07 Å². The summed E-state index contributed by atoms with van der Waals surface area (Å²) in [6, 6.07) is 3.87. The van der Waals surface area contributed by atoms with Crippen molar-refractivity contribution < 1.29 is 4.79 Å². The van der Waals surface area contributed by atoms with E-state index >= 15 is 0 Å². The Morgan fingerprint density at radius 1 is 1.50 bits per heavy atom. The van der Waals surface area contributed by atoms with Gasteiger partial charge in [-0.05, 0) is 50.8 Å². The van der Waals surface area contributed by atoms with Gasteiger partial charge in [-0.2, -0.15) is 5.26 Å². The summed E-state index contributed by atoms with van der Waals surface area (Å²) in [4.78, 5) is 12.3. The third kappa shape index (κ3) is 4.24. The molecule has 0 spiro atoms. The minimum atomic E-state index is -0.0617. The molecule has 16 heavy (non-hydrogen) atoms. The Labute approximate surface area is 115 Å². The fourth-order valence-electron chi connectivity index (χ4n) is 1.08. The lowest BCUT2D eigenvalue weighted by atomic mass is 10.2. The summed E-state index contributed by atoms with van der Waals surface area (Å²) in [6.45, 7) is 0.619. The van der Waals surface area contributed by atoms with Crippen LogP contribution in [-0.4, -0.2) is 12.5 Å². The van der Waals surface area contributed by atoms with Crippen LogP contribution in [0.5, 0.6) is 0 Å². The smallest absolute Gasteiger partial charge is 0.261 e. The summed E-state index contributed by atoms with van der Waals surface area (Å²) in [5, 5.41) is 11.2. The van der Waals surface area contributed by atoms with E-state index in [9.17, 15) is 4.79 Å². The van der Waals surface area contributed by atoms with Crippen molar-refractivity contribution in [3.05, 3.63) is 19.2 Å². The summed E-state index contributed by atoms with van der Waals surface area (Å²) in [5.74, 6) is -0.0617. The summed E-state index contributed by atoms with van der Waals surface area (Å²) < 4.78 is 1.81. The second-order valence-electron chi connectivity index (χ2n) is 3.10. The van der Waals surface area contributed by atoms with E-state index in [-0.39, 0.29) is 5.91 Å². The van der Waals surface area contributed by atoms with E-state index in [1.54, 1.807) is 6.07 Å². The molecule has 0 saturated carbocycles. The van der Waals surface area contributed by atoms with Gasteiger partial charge in [0.05, 0.1) is 14.7 Å². The monoisotopic (exact) mass is 364 g/mol. The van der Waals surface area contributed by atoms with Gasteiger partial charge in [0.1, 0.15) is 0 Å². The lowest BCUT2D eigenvalue weighted by Crippen LogP contribution is -2.23. The zero-order valence-corrected chi connectivity index (χ0v) is 12.4. The highest BCUT2D eigenvalue weighted by Gasteiger charge is 2.10. The zero-order chi connectivity index (χ0) is 12.0. The van der Waals surface area contributed by atoms with Crippen LogP contribution >= 0.6 is 43.2 Å². The highest BCUT2D eigenvalue weighted by atomic mass is 79.9. The van der Waals surface area contributed by atoms with Gasteiger partial charge in [-0.25, -0.2) is 0 Å². The fraction of sp³-hybridized carbons (Fsp3) is 0.400. The molecule has 0 aliphatic heterocycles. The summed E-state index contributed by atoms with van der Waals surface area (Å²) >= 11 is 8.07. The van der Waals surface area contributed by atoms with Crippen LogP contribution in [0.3, 0.4) is 0 Å². The van der Waals surface area contributed by atoms with Gasteiger partial charge in [0.15, 0.2) is 0 Å². The first kappa shape index (κ1) is 13.7. The lowest BCUT2D eigenvalue weighted by Gasteiger charge is -2.01. The van der Waals surface area contributed by atoms with Crippen molar-refractivity contribution >= 4 is 49.1 Å². The number of unbranched alkanes of at least 4 members (excludes halogenated alkanes) is 2. The van der Waals surface area contributed by atoms with Gasteiger partial charge in [-0.1, -0.05) is 0 Å². The van der Waals surface area contributed by atoms with Crippen LogP contribution in [0.15, 0.2) is 14.3 Å². The Morgan fingerprint density at radius 3 is 2.81 bits per heavy atom. The molecule has 1 heterocycles. The number of thiophene rings is 1. The molecular formula is C10H10Br2N2OS. The van der Waals surface area contributed by atoms with E-state index < -0.39 is 0 Å². The van der Waals surface area contributed by atoms with Gasteiger partial charge in [-0.15, -0.1) is 11.3 Å². The van der Waals surface area contributed by atoms with Gasteiger partial charge in [0.25, 0.3) is 5.91 Å². The second kappa shape index (κ2) is 7.05. The Kier molecular flexibility index (Phi) is 6.03. The molecule has 0 saturated heterocycles. The quantitative estimate of drug-likeness (QED) is 0.809. The first-order valence-electron chi connectivity index (χ1n) is 4.75. The molecule has 0 fully saturated rings. The SMILES string of the molecule is N#CCCCCNC(=O)c1cc(Br)c(Br)s1. The molecular weight excluding hydrogens is 356 g/mol. The number of nitriles is 1. The molecule has 0 aromatic carbocycles. The van der Waals surface area contributed by atoms with E-state index in [4.69, 9.17) is 5.26 Å². The van der Waals surface area contributed by atoms with E-state index in [1.807, 2.05) is 0 Å². The molecule has 0 unspecified atom stereocenters. The molecule has 6 heteroatoms. The van der Waals surface area contributed by atoms with Crippen LogP contribution in [0.25, 0.3) is 0 Å². The first-order valence-corrected chi connectivity index (χ1v) is 7.15. The minimum absolute atomic E-state index is 0.0617. The first-order chi connectivity index (χ1) is 7.65. The molecule has 1 rings (SSSR count). The van der Waals surface area contributed by atoms with Crippen LogP contribution < -0.4 is 5.32 Å². The van der Waals surface area contributed by atoms with E-state index in [2.05, 4.69) is 43.2 Å². The van der Waals surface area contributed by atoms with Crippen molar-refractivity contribution in [1.29, 1.82) is 5.26 Å². The average molecular weight is 366 g/mol. The molecule has 3 nitrogen and oxygen atoms in total. The number of carbonyl (C=O) groups is 1. The van der Waals surface area contributed by atoms with Crippen molar-refractivity contribution in [2.75, 3.05) is 6.54 Å². The maximum absolute atomic E-state index is 11.6. The molecule has 0 radical (unpaired) electrons. The Balaban J connectivity index is 2.33. The zero-order valence-electron chi connectivity index (χ0n) is 8.43. The topological polar surface area (TPSA) is 52.9 Å². The van der Waals surface area contributed by atoms with Crippen LogP contribution in [0.4, 0.5) is 0 Å². The van der Waals surface area contributed by atoms with Gasteiger partial charge in [-0.3, -0.25) is 4.79 Å². The third-order valence-electron chi connectivity index (χ3n) is 1.87. The highest BCUT2D eigenvalue weighted by molar-refractivity contribution is 9.13. The number of hydrogen-bond donors (Lipinski definition) is 1. The molecule has 0 bridgehead atoms. The normalized spacial score (nSPS) is 9.81. The van der Waals surface area contributed by atoms with Crippen LogP contribution in [0.1, 0.15) is 28.9 Å². The van der Waals surface area contributed by atoms with E-state index in [1.165, 1.54) is 11.3 Å². The van der Waals surface area contributed by atoms with Crippen molar-refractivity contribution in [2.24, 2.45) is 0 Å². The van der Waals surface area contributed by atoms with Gasteiger partial charge in [0, 0.05) is 17.4 Å². The number of halogens is 2. The third-order valence-corrected chi connectivity index (χ3v) is 5.12.